The van der Waals surface area contributed by atoms with E-state index in [0.29, 0.717) is 11.3 Å². The summed E-state index contributed by atoms with van der Waals surface area (Å²) < 4.78 is 1.11. The van der Waals surface area contributed by atoms with Gasteiger partial charge in [0.2, 0.25) is 0 Å². The molecule has 0 aliphatic heterocycles. The van der Waals surface area contributed by atoms with Crippen LogP contribution in [0.4, 0.5) is 5.69 Å². The Bertz CT molecular complexity index is 826. The third-order valence-corrected chi connectivity index (χ3v) is 3.98. The van der Waals surface area contributed by atoms with E-state index in [1.165, 1.54) is 0 Å². The van der Waals surface area contributed by atoms with E-state index in [1.807, 2.05) is 47.8 Å². The maximum Gasteiger partial charge on any atom is 0.257 e. The highest BCUT2D eigenvalue weighted by molar-refractivity contribution is 7.17. The maximum atomic E-state index is 12.3. The second kappa shape index (κ2) is 5.20. The Morgan fingerprint density at radius 2 is 2.00 bits per heavy atom. The molecule has 0 saturated heterocycles. The molecule has 96 valence electrons. The van der Waals surface area contributed by atoms with Gasteiger partial charge in [0.1, 0.15) is 0 Å². The smallest absolute Gasteiger partial charge is 0.257 e. The summed E-state index contributed by atoms with van der Waals surface area (Å²) in [7, 11) is 0. The fourth-order valence-corrected chi connectivity index (χ4v) is 2.98. The summed E-state index contributed by atoms with van der Waals surface area (Å²) in [6.45, 7) is 0. The highest BCUT2D eigenvalue weighted by Gasteiger charge is 2.11. The molecule has 0 radical (unpaired) electrons. The van der Waals surface area contributed by atoms with Crippen LogP contribution in [0.2, 0.25) is 0 Å². The number of terminal acetylenes is 1. The van der Waals surface area contributed by atoms with Gasteiger partial charge in [-0.05, 0) is 24.3 Å². The largest absolute Gasteiger partial charge is 0.322 e. The van der Waals surface area contributed by atoms with Crippen LogP contribution in [0, 0.1) is 12.3 Å². The second-order valence-electron chi connectivity index (χ2n) is 4.32. The SMILES string of the molecule is C#Cc1cccc(NC(=O)c2csc3ccccc23)c1. The lowest BCUT2D eigenvalue weighted by Gasteiger charge is -2.05. The van der Waals surface area contributed by atoms with Crippen LogP contribution in [0.25, 0.3) is 10.1 Å². The molecule has 0 atom stereocenters. The van der Waals surface area contributed by atoms with Gasteiger partial charge in [0, 0.05) is 26.7 Å². The lowest BCUT2D eigenvalue weighted by Crippen LogP contribution is -2.11. The van der Waals surface area contributed by atoms with Crippen LogP contribution >= 0.6 is 11.3 Å². The van der Waals surface area contributed by atoms with Crippen molar-refractivity contribution in [1.82, 2.24) is 0 Å². The molecule has 20 heavy (non-hydrogen) atoms. The first-order chi connectivity index (χ1) is 9.78. The standard InChI is InChI=1S/C17H11NOS/c1-2-12-6-5-7-13(10-12)18-17(19)15-11-20-16-9-4-3-8-14(15)16/h1,3-11H,(H,18,19). The van der Waals surface area contributed by atoms with Gasteiger partial charge in [-0.3, -0.25) is 4.79 Å². The molecular formula is C17H11NOS. The molecule has 0 saturated carbocycles. The molecule has 0 bridgehead atoms. The minimum absolute atomic E-state index is 0.114. The molecule has 0 fully saturated rings. The second-order valence-corrected chi connectivity index (χ2v) is 5.24. The Kier molecular flexibility index (Phi) is 3.24. The van der Waals surface area contributed by atoms with Gasteiger partial charge in [-0.25, -0.2) is 0 Å². The third-order valence-electron chi connectivity index (χ3n) is 3.01. The van der Waals surface area contributed by atoms with E-state index in [0.717, 1.165) is 15.6 Å². The van der Waals surface area contributed by atoms with Crippen molar-refractivity contribution in [1.29, 1.82) is 0 Å². The van der Waals surface area contributed by atoms with Crippen LogP contribution in [0.1, 0.15) is 15.9 Å². The van der Waals surface area contributed by atoms with Gasteiger partial charge in [-0.15, -0.1) is 17.8 Å². The van der Waals surface area contributed by atoms with Crippen LogP contribution in [-0.4, -0.2) is 5.91 Å². The first kappa shape index (κ1) is 12.5. The van der Waals surface area contributed by atoms with Crippen LogP contribution in [-0.2, 0) is 0 Å². The summed E-state index contributed by atoms with van der Waals surface area (Å²) in [6.07, 6.45) is 5.36. The molecule has 1 heterocycles. The van der Waals surface area contributed by atoms with Gasteiger partial charge in [0.25, 0.3) is 5.91 Å². The van der Waals surface area contributed by atoms with E-state index in [9.17, 15) is 4.79 Å². The summed E-state index contributed by atoms with van der Waals surface area (Å²) in [5.74, 6) is 2.44. The highest BCUT2D eigenvalue weighted by Crippen LogP contribution is 2.26. The maximum absolute atomic E-state index is 12.3. The minimum Gasteiger partial charge on any atom is -0.322 e. The zero-order valence-electron chi connectivity index (χ0n) is 10.6. The molecule has 0 unspecified atom stereocenters. The third kappa shape index (κ3) is 2.29. The summed E-state index contributed by atoms with van der Waals surface area (Å²) in [5, 5.41) is 5.74. The van der Waals surface area contributed by atoms with E-state index < -0.39 is 0 Å². The number of thiophene rings is 1. The number of carbonyl (C=O) groups excluding carboxylic acids is 1. The normalized spacial score (nSPS) is 10.2. The molecule has 3 rings (SSSR count). The minimum atomic E-state index is -0.114. The Balaban J connectivity index is 1.91. The van der Waals surface area contributed by atoms with E-state index >= 15 is 0 Å². The number of hydrogen-bond donors (Lipinski definition) is 1. The lowest BCUT2D eigenvalue weighted by molar-refractivity contribution is 0.102. The predicted molar refractivity (Wildman–Crippen MR) is 84.2 cm³/mol. The average Bonchev–Trinajstić information content (AvgIpc) is 2.91. The van der Waals surface area contributed by atoms with Gasteiger partial charge in [0.15, 0.2) is 0 Å². The predicted octanol–water partition coefficient (Wildman–Crippen LogP) is 4.13. The van der Waals surface area contributed by atoms with Crippen molar-refractivity contribution in [2.45, 2.75) is 0 Å². The summed E-state index contributed by atoms with van der Waals surface area (Å²) in [6, 6.07) is 15.1. The van der Waals surface area contributed by atoms with Crippen molar-refractivity contribution in [2.75, 3.05) is 5.32 Å². The zero-order valence-corrected chi connectivity index (χ0v) is 11.4. The lowest BCUT2D eigenvalue weighted by atomic mass is 10.1. The number of rotatable bonds is 2. The fourth-order valence-electron chi connectivity index (χ4n) is 2.04. The van der Waals surface area contributed by atoms with Crippen molar-refractivity contribution < 1.29 is 4.79 Å². The van der Waals surface area contributed by atoms with Gasteiger partial charge >= 0.3 is 0 Å². The van der Waals surface area contributed by atoms with Crippen molar-refractivity contribution in [3.63, 3.8) is 0 Å². The number of amides is 1. The molecule has 3 aromatic rings. The molecule has 0 spiro atoms. The number of fused-ring (bicyclic) bond motifs is 1. The molecule has 3 heteroatoms. The Hall–Kier alpha value is -2.57. The zero-order chi connectivity index (χ0) is 13.9. The molecule has 2 nitrogen and oxygen atoms in total. The molecular weight excluding hydrogens is 266 g/mol. The van der Waals surface area contributed by atoms with Gasteiger partial charge in [0.05, 0.1) is 5.56 Å². The molecule has 0 aliphatic rings. The van der Waals surface area contributed by atoms with Crippen molar-refractivity contribution in [3.05, 3.63) is 65.0 Å². The molecule has 1 N–H and O–H groups in total. The van der Waals surface area contributed by atoms with Crippen LogP contribution in [0.15, 0.2) is 53.9 Å². The average molecular weight is 277 g/mol. The van der Waals surface area contributed by atoms with Crippen molar-refractivity contribution >= 4 is 33.0 Å². The number of hydrogen-bond acceptors (Lipinski definition) is 2. The number of anilines is 1. The summed E-state index contributed by atoms with van der Waals surface area (Å²) >= 11 is 1.57. The first-order valence-corrected chi connectivity index (χ1v) is 7.00. The van der Waals surface area contributed by atoms with Gasteiger partial charge in [-0.1, -0.05) is 30.2 Å². The quantitative estimate of drug-likeness (QED) is 0.701. The molecule has 0 aliphatic carbocycles. The van der Waals surface area contributed by atoms with E-state index in [-0.39, 0.29) is 5.91 Å². The van der Waals surface area contributed by atoms with E-state index in [1.54, 1.807) is 17.4 Å². The number of benzene rings is 2. The fraction of sp³-hybridized carbons (Fsp3) is 0. The molecule has 1 amide bonds. The van der Waals surface area contributed by atoms with Crippen LogP contribution in [0.3, 0.4) is 0 Å². The summed E-state index contributed by atoms with van der Waals surface area (Å²) in [4.78, 5) is 12.3. The van der Waals surface area contributed by atoms with Crippen molar-refractivity contribution in [2.24, 2.45) is 0 Å². The van der Waals surface area contributed by atoms with Crippen LogP contribution in [0.5, 0.6) is 0 Å². The molecule has 2 aromatic carbocycles. The highest BCUT2D eigenvalue weighted by atomic mass is 32.1. The summed E-state index contributed by atoms with van der Waals surface area (Å²) in [5.41, 5.74) is 2.15. The van der Waals surface area contributed by atoms with Crippen molar-refractivity contribution in [3.8, 4) is 12.3 Å². The van der Waals surface area contributed by atoms with Gasteiger partial charge < -0.3 is 5.32 Å². The van der Waals surface area contributed by atoms with E-state index in [4.69, 9.17) is 6.42 Å². The van der Waals surface area contributed by atoms with Gasteiger partial charge in [-0.2, -0.15) is 0 Å². The van der Waals surface area contributed by atoms with Crippen LogP contribution < -0.4 is 5.32 Å². The first-order valence-electron chi connectivity index (χ1n) is 6.12. The number of carbonyl (C=O) groups is 1. The topological polar surface area (TPSA) is 29.1 Å². The Morgan fingerprint density at radius 1 is 1.15 bits per heavy atom. The Labute approximate surface area is 121 Å². The van der Waals surface area contributed by atoms with E-state index in [2.05, 4.69) is 11.2 Å². The molecule has 1 aromatic heterocycles. The monoisotopic (exact) mass is 277 g/mol. The number of nitrogens with one attached hydrogen (secondary N) is 1. The Morgan fingerprint density at radius 3 is 2.85 bits per heavy atom.